The van der Waals surface area contributed by atoms with Gasteiger partial charge in [-0.3, -0.25) is 0 Å². The Labute approximate surface area is 172 Å². The van der Waals surface area contributed by atoms with Crippen LogP contribution in [0.5, 0.6) is 5.75 Å². The lowest BCUT2D eigenvalue weighted by molar-refractivity contribution is 0.0967. The lowest BCUT2D eigenvalue weighted by Crippen LogP contribution is -2.25. The van der Waals surface area contributed by atoms with Crippen LogP contribution in [-0.4, -0.2) is 29.0 Å². The van der Waals surface area contributed by atoms with E-state index in [9.17, 15) is 5.11 Å². The molecule has 2 atom stereocenters. The molecule has 5 heteroatoms. The maximum atomic E-state index is 11.7. The van der Waals surface area contributed by atoms with Crippen molar-refractivity contribution in [3.63, 3.8) is 0 Å². The molecule has 1 heterocycles. The highest BCUT2D eigenvalue weighted by molar-refractivity contribution is 5.85. The maximum Gasteiger partial charge on any atom is 0.127 e. The molecule has 0 spiro atoms. The summed E-state index contributed by atoms with van der Waals surface area (Å²) >= 11 is 0. The normalized spacial score (nSPS) is 14.7. The largest absolute Gasteiger partial charge is 0.496 e. The van der Waals surface area contributed by atoms with Crippen LogP contribution in [0.3, 0.4) is 0 Å². The quantitative estimate of drug-likeness (QED) is 0.401. The Hall–Kier alpha value is -2.34. The molecule has 156 valence electrons. The topological polar surface area (TPSA) is 77.5 Å². The Morgan fingerprint density at radius 2 is 1.97 bits per heavy atom. The SMILES string of the molecule is CCc1ccc(C(C)(O)c2[nH]c3ccccc3c2CCC(C)CNO)cc1OC. The number of nitrogens with one attached hydrogen (secondary N) is 2. The molecule has 0 aliphatic heterocycles. The molecule has 2 aromatic carbocycles. The molecule has 0 fully saturated rings. The van der Waals surface area contributed by atoms with Gasteiger partial charge in [-0.05, 0) is 60.9 Å². The van der Waals surface area contributed by atoms with Crippen LogP contribution in [0.4, 0.5) is 0 Å². The van der Waals surface area contributed by atoms with E-state index in [1.807, 2.05) is 43.3 Å². The summed E-state index contributed by atoms with van der Waals surface area (Å²) in [5, 5.41) is 21.8. The van der Waals surface area contributed by atoms with E-state index in [2.05, 4.69) is 30.4 Å². The molecule has 3 rings (SSSR count). The number of aromatic amines is 1. The van der Waals surface area contributed by atoms with Gasteiger partial charge in [-0.15, -0.1) is 0 Å². The number of benzene rings is 2. The standard InChI is InChI=1S/C24H32N2O3/c1-5-17-11-12-18(14-22(17)29-4)24(3,27)23-20(13-10-16(2)15-25-28)19-8-6-7-9-21(19)26-23/h6-9,11-12,14,16,25-28H,5,10,13,15H2,1-4H3. The number of aliphatic hydroxyl groups is 1. The Morgan fingerprint density at radius 3 is 2.66 bits per heavy atom. The first-order chi connectivity index (χ1) is 13.9. The number of hydrogen-bond donors (Lipinski definition) is 4. The van der Waals surface area contributed by atoms with Crippen molar-refractivity contribution in [2.45, 2.75) is 45.6 Å². The molecule has 5 nitrogen and oxygen atoms in total. The lowest BCUT2D eigenvalue weighted by atomic mass is 9.86. The fourth-order valence-corrected chi connectivity index (χ4v) is 4.01. The first-order valence-electron chi connectivity index (χ1n) is 10.3. The van der Waals surface area contributed by atoms with E-state index in [0.717, 1.165) is 58.3 Å². The number of para-hydroxylation sites is 1. The number of ether oxygens (including phenoxy) is 1. The Bertz CT molecular complexity index is 962. The van der Waals surface area contributed by atoms with Gasteiger partial charge in [0.2, 0.25) is 0 Å². The van der Waals surface area contributed by atoms with Gasteiger partial charge in [0.05, 0.1) is 12.8 Å². The molecule has 3 aromatic rings. The number of methoxy groups -OCH3 is 1. The van der Waals surface area contributed by atoms with Crippen molar-refractivity contribution in [2.24, 2.45) is 5.92 Å². The van der Waals surface area contributed by atoms with Gasteiger partial charge in [-0.2, -0.15) is 0 Å². The maximum absolute atomic E-state index is 11.7. The van der Waals surface area contributed by atoms with E-state index in [4.69, 9.17) is 9.94 Å². The van der Waals surface area contributed by atoms with E-state index < -0.39 is 5.60 Å². The molecular weight excluding hydrogens is 364 g/mol. The highest BCUT2D eigenvalue weighted by Gasteiger charge is 2.32. The fraction of sp³-hybridized carbons (Fsp3) is 0.417. The summed E-state index contributed by atoms with van der Waals surface area (Å²) in [6, 6.07) is 14.1. The molecule has 0 radical (unpaired) electrons. The number of aromatic nitrogens is 1. The van der Waals surface area contributed by atoms with E-state index in [1.54, 1.807) is 7.11 Å². The number of aryl methyl sites for hydroxylation is 2. The van der Waals surface area contributed by atoms with Crippen molar-refractivity contribution in [1.82, 2.24) is 10.5 Å². The molecule has 0 saturated carbocycles. The minimum absolute atomic E-state index is 0.315. The zero-order chi connectivity index (χ0) is 21.0. The molecule has 0 amide bonds. The predicted octanol–water partition coefficient (Wildman–Crippen LogP) is 4.54. The van der Waals surface area contributed by atoms with Crippen molar-refractivity contribution in [3.8, 4) is 5.75 Å². The molecular formula is C24H32N2O3. The van der Waals surface area contributed by atoms with Crippen LogP contribution in [0.25, 0.3) is 10.9 Å². The second-order valence-corrected chi connectivity index (χ2v) is 7.98. The van der Waals surface area contributed by atoms with Gasteiger partial charge in [-0.1, -0.05) is 44.2 Å². The second kappa shape index (κ2) is 8.99. The molecule has 4 N–H and O–H groups in total. The Kier molecular flexibility index (Phi) is 6.63. The first-order valence-corrected chi connectivity index (χ1v) is 10.3. The van der Waals surface area contributed by atoms with E-state index in [0.29, 0.717) is 12.5 Å². The highest BCUT2D eigenvalue weighted by Crippen LogP contribution is 2.37. The van der Waals surface area contributed by atoms with Crippen molar-refractivity contribution in [2.75, 3.05) is 13.7 Å². The van der Waals surface area contributed by atoms with Crippen molar-refractivity contribution in [3.05, 3.63) is 64.8 Å². The van der Waals surface area contributed by atoms with Crippen molar-refractivity contribution >= 4 is 10.9 Å². The van der Waals surface area contributed by atoms with Gasteiger partial charge < -0.3 is 20.0 Å². The van der Waals surface area contributed by atoms with Crippen LogP contribution in [0.1, 0.15) is 49.6 Å². The minimum atomic E-state index is -1.19. The average Bonchev–Trinajstić information content (AvgIpc) is 3.11. The zero-order valence-corrected chi connectivity index (χ0v) is 17.7. The Morgan fingerprint density at radius 1 is 1.21 bits per heavy atom. The Balaban J connectivity index is 2.06. The lowest BCUT2D eigenvalue weighted by Gasteiger charge is -2.26. The van der Waals surface area contributed by atoms with Crippen LogP contribution in [0.15, 0.2) is 42.5 Å². The fourth-order valence-electron chi connectivity index (χ4n) is 4.01. The number of fused-ring (bicyclic) bond motifs is 1. The van der Waals surface area contributed by atoms with Gasteiger partial charge in [-0.25, -0.2) is 5.48 Å². The average molecular weight is 397 g/mol. The number of hydroxylamine groups is 1. The van der Waals surface area contributed by atoms with Crippen LogP contribution in [0.2, 0.25) is 0 Å². The summed E-state index contributed by atoms with van der Waals surface area (Å²) in [6.07, 6.45) is 2.58. The number of rotatable bonds is 9. The van der Waals surface area contributed by atoms with Crippen molar-refractivity contribution < 1.29 is 15.1 Å². The molecule has 0 bridgehead atoms. The van der Waals surface area contributed by atoms with Crippen LogP contribution < -0.4 is 10.2 Å². The van der Waals surface area contributed by atoms with Crippen LogP contribution >= 0.6 is 0 Å². The molecule has 0 aliphatic rings. The zero-order valence-electron chi connectivity index (χ0n) is 17.7. The third-order valence-electron chi connectivity index (χ3n) is 5.86. The summed E-state index contributed by atoms with van der Waals surface area (Å²) in [5.74, 6) is 1.11. The van der Waals surface area contributed by atoms with Crippen LogP contribution in [0, 0.1) is 5.92 Å². The van der Waals surface area contributed by atoms with Crippen LogP contribution in [-0.2, 0) is 18.4 Å². The van der Waals surface area contributed by atoms with Gasteiger partial charge in [0.15, 0.2) is 0 Å². The minimum Gasteiger partial charge on any atom is -0.496 e. The number of hydrogen-bond acceptors (Lipinski definition) is 4. The molecule has 1 aromatic heterocycles. The summed E-state index contributed by atoms with van der Waals surface area (Å²) < 4.78 is 5.55. The summed E-state index contributed by atoms with van der Waals surface area (Å²) in [5.41, 5.74) is 5.94. The third kappa shape index (κ3) is 4.32. The summed E-state index contributed by atoms with van der Waals surface area (Å²) in [6.45, 7) is 6.57. The smallest absolute Gasteiger partial charge is 0.127 e. The van der Waals surface area contributed by atoms with Gasteiger partial charge in [0.25, 0.3) is 0 Å². The number of H-pyrrole nitrogens is 1. The van der Waals surface area contributed by atoms with E-state index in [1.165, 1.54) is 0 Å². The van der Waals surface area contributed by atoms with E-state index in [-0.39, 0.29) is 0 Å². The third-order valence-corrected chi connectivity index (χ3v) is 5.86. The van der Waals surface area contributed by atoms with E-state index >= 15 is 0 Å². The molecule has 0 aliphatic carbocycles. The molecule has 2 unspecified atom stereocenters. The van der Waals surface area contributed by atoms with Gasteiger partial charge >= 0.3 is 0 Å². The van der Waals surface area contributed by atoms with Gasteiger partial charge in [0, 0.05) is 17.4 Å². The molecule has 29 heavy (non-hydrogen) atoms. The first kappa shape index (κ1) is 21.4. The molecule has 0 saturated heterocycles. The second-order valence-electron chi connectivity index (χ2n) is 7.98. The predicted molar refractivity (Wildman–Crippen MR) is 117 cm³/mol. The highest BCUT2D eigenvalue weighted by atomic mass is 16.5. The summed E-state index contributed by atoms with van der Waals surface area (Å²) in [7, 11) is 1.66. The van der Waals surface area contributed by atoms with Crippen molar-refractivity contribution in [1.29, 1.82) is 0 Å². The van der Waals surface area contributed by atoms with Gasteiger partial charge in [0.1, 0.15) is 11.4 Å². The monoisotopic (exact) mass is 396 g/mol. The summed E-state index contributed by atoms with van der Waals surface area (Å²) in [4.78, 5) is 3.47.